The molecule has 289 valence electrons. The molecule has 0 aliphatic carbocycles. The molecule has 1 radical (unpaired) electrons. The number of aryl methyl sites for hydroxylation is 1. The maximum absolute atomic E-state index is 13.2. The van der Waals surface area contributed by atoms with Crippen LogP contribution in [-0.2, 0) is 53.4 Å². The molecule has 0 saturated carbocycles. The van der Waals surface area contributed by atoms with E-state index in [9.17, 15) is 30.7 Å². The van der Waals surface area contributed by atoms with Crippen molar-refractivity contribution >= 4 is 0 Å². The smallest absolute Gasteiger partial charge is 0.473 e. The minimum absolute atomic E-state index is 0. The van der Waals surface area contributed by atoms with Gasteiger partial charge in [0.2, 0.25) is 0 Å². The topological polar surface area (TPSA) is 112 Å². The number of imidazole rings is 1. The van der Waals surface area contributed by atoms with Crippen LogP contribution in [0, 0.1) is 41.5 Å². The second-order valence-corrected chi connectivity index (χ2v) is 10.6. The van der Waals surface area contributed by atoms with Gasteiger partial charge in [-0.3, -0.25) is 27.8 Å². The second kappa shape index (κ2) is 21.4. The van der Waals surface area contributed by atoms with E-state index in [1.807, 2.05) is 29.4 Å². The molecule has 0 spiro atoms. The SMILES string of the molecule is Cn1ccnc1-c1cc(C(F)(F)F)[nH]n1.Fc1c[c-]c(-c2ccccn2)c(F)c1.Fc1c[c-]c(-c2ccccn2)c(F)c1.[Ir+3].[Ir].[c-]1ccccc1-c1ncn[n-]1. The number of aromatic amines is 1. The third-order valence-electron chi connectivity index (χ3n) is 6.83. The first-order chi connectivity index (χ1) is 26.0. The van der Waals surface area contributed by atoms with Crippen LogP contribution in [0.4, 0.5) is 30.7 Å². The monoisotopic (exact) mass is 1130 g/mol. The van der Waals surface area contributed by atoms with E-state index < -0.39 is 35.1 Å². The maximum Gasteiger partial charge on any atom is 3.00 e. The number of hydrogen-bond donors (Lipinski definition) is 1. The number of rotatable bonds is 4. The minimum Gasteiger partial charge on any atom is -0.473 e. The Bertz CT molecular complexity index is 2250. The molecule has 0 aliphatic rings. The van der Waals surface area contributed by atoms with Crippen LogP contribution in [0.3, 0.4) is 0 Å². The van der Waals surface area contributed by atoms with Gasteiger partial charge in [0.25, 0.3) is 0 Å². The standard InChI is InChI=1S/2C11H6F2N.C8H7F3N4.C8H5N3.2Ir/c2*12-8-4-5-9(10(13)7-8)11-3-1-2-6-14-11;1-15-3-2-12-7(15)5-4-6(14-13-5)8(9,10)11;1-2-4-7(5-3-1)8-9-6-10-11-8;;/h2*1-4,6-7H;2-4H,1H3,(H,13,14);1-4,6H;;/q2*-1;;-2;;+3. The zero-order valence-corrected chi connectivity index (χ0v) is 33.2. The van der Waals surface area contributed by atoms with Gasteiger partial charge in [-0.15, -0.1) is 60.4 Å². The van der Waals surface area contributed by atoms with E-state index in [1.165, 1.54) is 12.5 Å². The van der Waals surface area contributed by atoms with Gasteiger partial charge in [-0.2, -0.15) is 23.8 Å². The molecule has 9 nitrogen and oxygen atoms in total. The van der Waals surface area contributed by atoms with Crippen molar-refractivity contribution in [2.75, 3.05) is 0 Å². The van der Waals surface area contributed by atoms with Crippen molar-refractivity contribution in [2.45, 2.75) is 6.18 Å². The quantitative estimate of drug-likeness (QED) is 0.139. The summed E-state index contributed by atoms with van der Waals surface area (Å²) in [6.07, 6.45) is 3.25. The van der Waals surface area contributed by atoms with Crippen LogP contribution in [0.5, 0.6) is 0 Å². The fourth-order valence-corrected chi connectivity index (χ4v) is 4.34. The van der Waals surface area contributed by atoms with Gasteiger partial charge in [0.15, 0.2) is 5.82 Å². The van der Waals surface area contributed by atoms with Crippen molar-refractivity contribution in [1.82, 2.24) is 44.9 Å². The van der Waals surface area contributed by atoms with Gasteiger partial charge < -0.3 is 24.6 Å². The number of aromatic nitrogens is 9. The van der Waals surface area contributed by atoms with Crippen molar-refractivity contribution in [2.24, 2.45) is 7.05 Å². The number of benzene rings is 3. The van der Waals surface area contributed by atoms with Gasteiger partial charge in [-0.25, -0.2) is 4.98 Å². The predicted octanol–water partition coefficient (Wildman–Crippen LogP) is 8.38. The van der Waals surface area contributed by atoms with E-state index in [-0.39, 0.29) is 57.0 Å². The molecule has 1 N–H and O–H groups in total. The van der Waals surface area contributed by atoms with E-state index in [0.29, 0.717) is 23.0 Å². The number of H-pyrrole nitrogens is 1. The Morgan fingerprint density at radius 1 is 0.696 bits per heavy atom. The number of nitrogens with zero attached hydrogens (tertiary/aromatic N) is 8. The number of alkyl halides is 3. The largest absolute Gasteiger partial charge is 3.00 e. The molecule has 0 saturated heterocycles. The van der Waals surface area contributed by atoms with Crippen molar-refractivity contribution in [3.63, 3.8) is 0 Å². The summed E-state index contributed by atoms with van der Waals surface area (Å²) >= 11 is 0. The third kappa shape index (κ3) is 12.7. The number of hydrogen-bond acceptors (Lipinski definition) is 6. The molecule has 5 aromatic heterocycles. The van der Waals surface area contributed by atoms with Gasteiger partial charge in [0.1, 0.15) is 11.4 Å². The van der Waals surface area contributed by atoms with E-state index in [2.05, 4.69) is 53.4 Å². The first-order valence-corrected chi connectivity index (χ1v) is 15.4. The molecule has 0 amide bonds. The summed E-state index contributed by atoms with van der Waals surface area (Å²) in [6, 6.07) is 30.5. The Kier molecular flexibility index (Phi) is 17.1. The van der Waals surface area contributed by atoms with E-state index in [4.69, 9.17) is 0 Å². The third-order valence-corrected chi connectivity index (χ3v) is 6.83. The molecule has 5 heterocycles. The van der Waals surface area contributed by atoms with Crippen molar-refractivity contribution in [3.8, 4) is 45.4 Å². The molecule has 0 aliphatic heterocycles. The van der Waals surface area contributed by atoms with Crippen molar-refractivity contribution in [1.29, 1.82) is 0 Å². The molecule has 56 heavy (non-hydrogen) atoms. The zero-order chi connectivity index (χ0) is 38.5. The average molecular weight is 1120 g/mol. The number of nitrogens with one attached hydrogen (secondary N) is 1. The van der Waals surface area contributed by atoms with Crippen LogP contribution < -0.4 is 5.10 Å². The Hall–Kier alpha value is -5.67. The summed E-state index contributed by atoms with van der Waals surface area (Å²) in [4.78, 5) is 15.7. The van der Waals surface area contributed by atoms with Crippen molar-refractivity contribution in [3.05, 3.63) is 169 Å². The van der Waals surface area contributed by atoms with Gasteiger partial charge >= 0.3 is 26.3 Å². The Balaban J connectivity index is 0.000000199. The van der Waals surface area contributed by atoms with Gasteiger partial charge in [0, 0.05) is 81.5 Å². The summed E-state index contributed by atoms with van der Waals surface area (Å²) < 4.78 is 89.9. The molecule has 0 atom stereocenters. The van der Waals surface area contributed by atoms with E-state index >= 15 is 0 Å². The maximum atomic E-state index is 13.2. The predicted molar refractivity (Wildman–Crippen MR) is 182 cm³/mol. The fraction of sp³-hybridized carbons (Fsp3) is 0.0526. The van der Waals surface area contributed by atoms with E-state index in [0.717, 1.165) is 35.9 Å². The molecule has 0 fully saturated rings. The van der Waals surface area contributed by atoms with Gasteiger partial charge in [-0.05, 0) is 29.6 Å². The minimum atomic E-state index is -4.41. The first-order valence-electron chi connectivity index (χ1n) is 15.4. The Morgan fingerprint density at radius 2 is 1.29 bits per heavy atom. The second-order valence-electron chi connectivity index (χ2n) is 10.6. The molecule has 8 rings (SSSR count). The summed E-state index contributed by atoms with van der Waals surface area (Å²) in [6.45, 7) is 0. The molecular formula is C38H24F7Ir2N9-. The van der Waals surface area contributed by atoms with Crippen LogP contribution in [0.1, 0.15) is 5.69 Å². The van der Waals surface area contributed by atoms with Gasteiger partial charge in [-0.1, -0.05) is 47.5 Å². The Morgan fingerprint density at radius 3 is 1.70 bits per heavy atom. The Labute approximate surface area is 342 Å². The van der Waals surface area contributed by atoms with Crippen LogP contribution in [0.15, 0.2) is 122 Å². The fourth-order valence-electron chi connectivity index (χ4n) is 4.34. The zero-order valence-electron chi connectivity index (χ0n) is 28.4. The van der Waals surface area contributed by atoms with E-state index in [1.54, 1.807) is 66.6 Å². The summed E-state index contributed by atoms with van der Waals surface area (Å²) in [5, 5.41) is 12.9. The van der Waals surface area contributed by atoms with Crippen LogP contribution in [0.25, 0.3) is 45.4 Å². The molecule has 0 bridgehead atoms. The summed E-state index contributed by atoms with van der Waals surface area (Å²) in [5.41, 5.74) is 1.45. The van der Waals surface area contributed by atoms with Crippen LogP contribution in [0.2, 0.25) is 0 Å². The number of pyridine rings is 2. The van der Waals surface area contributed by atoms with Crippen LogP contribution in [-0.4, -0.2) is 39.8 Å². The first kappa shape index (κ1) is 44.7. The van der Waals surface area contributed by atoms with Crippen LogP contribution >= 0.6 is 0 Å². The summed E-state index contributed by atoms with van der Waals surface area (Å²) in [7, 11) is 1.68. The summed E-state index contributed by atoms with van der Waals surface area (Å²) in [5.74, 6) is -1.55. The van der Waals surface area contributed by atoms with Crippen molar-refractivity contribution < 1.29 is 70.9 Å². The molecule has 3 aromatic carbocycles. The molecule has 8 aromatic rings. The molecule has 18 heteroatoms. The average Bonchev–Trinajstić information content (AvgIpc) is 3.97. The molecular weight excluding hydrogens is 1100 g/mol. The normalized spacial score (nSPS) is 10.2. The van der Waals surface area contributed by atoms with Gasteiger partial charge in [0.05, 0.1) is 0 Å². The molecule has 0 unspecified atom stereocenters. The number of halogens is 7.